The maximum absolute atomic E-state index is 12.0. The predicted octanol–water partition coefficient (Wildman–Crippen LogP) is -0.293. The van der Waals surface area contributed by atoms with Crippen molar-refractivity contribution in [3.63, 3.8) is 0 Å². The van der Waals surface area contributed by atoms with Gasteiger partial charge in [0.05, 0.1) is 5.92 Å². The van der Waals surface area contributed by atoms with E-state index in [-0.39, 0.29) is 23.1 Å². The molecule has 18 heavy (non-hydrogen) atoms. The highest BCUT2D eigenvalue weighted by atomic mass is 16.4. The van der Waals surface area contributed by atoms with E-state index in [1.165, 1.54) is 12.1 Å². The van der Waals surface area contributed by atoms with Crippen molar-refractivity contribution in [1.82, 2.24) is 15.1 Å². The van der Waals surface area contributed by atoms with Crippen molar-refractivity contribution in [3.05, 3.63) is 28.2 Å². The Morgan fingerprint density at radius 1 is 1.33 bits per heavy atom. The topological polar surface area (TPSA) is 103 Å². The second kappa shape index (κ2) is 4.99. The molecule has 0 saturated carbocycles. The van der Waals surface area contributed by atoms with Gasteiger partial charge in [-0.2, -0.15) is 5.10 Å². The lowest BCUT2D eigenvalue weighted by Crippen LogP contribution is -2.40. The Hall–Kier alpha value is -2.18. The summed E-state index contributed by atoms with van der Waals surface area (Å²) in [5.74, 6) is -1.48. The SMILES string of the molecule is O=C(O)C1CCN(C(=O)c2ccc(=O)[nH]n2)CC1. The number of aromatic amines is 1. The Labute approximate surface area is 102 Å². The standard InChI is InChI=1S/C11H13N3O4/c15-9-2-1-8(12-13-9)10(16)14-5-3-7(4-6-14)11(17)18/h1-2,7H,3-6H2,(H,13,15)(H,17,18). The zero-order valence-electron chi connectivity index (χ0n) is 9.63. The molecule has 2 rings (SSSR count). The van der Waals surface area contributed by atoms with Crippen molar-refractivity contribution >= 4 is 11.9 Å². The Morgan fingerprint density at radius 2 is 2.00 bits per heavy atom. The van der Waals surface area contributed by atoms with Crippen LogP contribution in [0.4, 0.5) is 0 Å². The van der Waals surface area contributed by atoms with Crippen LogP contribution in [0.3, 0.4) is 0 Å². The van der Waals surface area contributed by atoms with Crippen molar-refractivity contribution in [1.29, 1.82) is 0 Å². The number of rotatable bonds is 2. The average molecular weight is 251 g/mol. The van der Waals surface area contributed by atoms with Crippen LogP contribution in [0, 0.1) is 5.92 Å². The summed E-state index contributed by atoms with van der Waals surface area (Å²) in [6, 6.07) is 2.61. The van der Waals surface area contributed by atoms with Gasteiger partial charge in [0, 0.05) is 19.2 Å². The highest BCUT2D eigenvalue weighted by Crippen LogP contribution is 2.18. The monoisotopic (exact) mass is 251 g/mol. The molecule has 0 radical (unpaired) electrons. The number of carboxylic acid groups (broad SMARTS) is 1. The molecule has 2 N–H and O–H groups in total. The number of nitrogens with one attached hydrogen (secondary N) is 1. The highest BCUT2D eigenvalue weighted by molar-refractivity contribution is 5.92. The molecule has 0 spiro atoms. The van der Waals surface area contributed by atoms with Crippen molar-refractivity contribution < 1.29 is 14.7 Å². The first-order valence-electron chi connectivity index (χ1n) is 5.66. The van der Waals surface area contributed by atoms with Crippen LogP contribution in [0.2, 0.25) is 0 Å². The molecule has 96 valence electrons. The quantitative estimate of drug-likeness (QED) is 0.751. The molecule has 0 bridgehead atoms. The molecule has 1 amide bonds. The fourth-order valence-electron chi connectivity index (χ4n) is 1.96. The first-order chi connectivity index (χ1) is 8.58. The largest absolute Gasteiger partial charge is 0.481 e. The molecule has 1 fully saturated rings. The summed E-state index contributed by atoms with van der Waals surface area (Å²) in [5.41, 5.74) is -0.195. The number of carbonyl (C=O) groups is 2. The molecule has 0 atom stereocenters. The Kier molecular flexibility index (Phi) is 3.40. The van der Waals surface area contributed by atoms with Gasteiger partial charge in [-0.05, 0) is 18.9 Å². The fourth-order valence-corrected chi connectivity index (χ4v) is 1.96. The number of hydrogen-bond donors (Lipinski definition) is 2. The number of H-pyrrole nitrogens is 1. The lowest BCUT2D eigenvalue weighted by atomic mass is 9.97. The number of carboxylic acids is 1. The summed E-state index contributed by atoms with van der Waals surface area (Å²) in [7, 11) is 0. The minimum atomic E-state index is -0.815. The molecule has 1 aromatic heterocycles. The molecule has 0 aliphatic carbocycles. The van der Waals surface area contributed by atoms with Gasteiger partial charge in [0.25, 0.3) is 11.5 Å². The van der Waals surface area contributed by atoms with E-state index in [4.69, 9.17) is 5.11 Å². The van der Waals surface area contributed by atoms with Crippen LogP contribution in [0.5, 0.6) is 0 Å². The molecular weight excluding hydrogens is 238 g/mol. The van der Waals surface area contributed by atoms with E-state index in [0.29, 0.717) is 25.9 Å². The molecule has 2 heterocycles. The van der Waals surface area contributed by atoms with Crippen LogP contribution in [0.25, 0.3) is 0 Å². The molecular formula is C11H13N3O4. The fraction of sp³-hybridized carbons (Fsp3) is 0.455. The number of carbonyl (C=O) groups excluding carboxylic acids is 1. The van der Waals surface area contributed by atoms with Gasteiger partial charge in [-0.15, -0.1) is 0 Å². The smallest absolute Gasteiger partial charge is 0.306 e. The van der Waals surface area contributed by atoms with Gasteiger partial charge in [-0.25, -0.2) is 5.10 Å². The van der Waals surface area contributed by atoms with Crippen LogP contribution < -0.4 is 5.56 Å². The summed E-state index contributed by atoms with van der Waals surface area (Å²) in [4.78, 5) is 35.2. The predicted molar refractivity (Wildman–Crippen MR) is 61.1 cm³/mol. The lowest BCUT2D eigenvalue weighted by Gasteiger charge is -2.29. The molecule has 1 aliphatic heterocycles. The van der Waals surface area contributed by atoms with Gasteiger partial charge in [-0.1, -0.05) is 0 Å². The number of hydrogen-bond acceptors (Lipinski definition) is 4. The summed E-state index contributed by atoms with van der Waals surface area (Å²) in [6.45, 7) is 0.799. The molecule has 7 nitrogen and oxygen atoms in total. The third-order valence-electron chi connectivity index (χ3n) is 3.03. The van der Waals surface area contributed by atoms with Crippen LogP contribution in [-0.4, -0.2) is 45.2 Å². The number of aromatic nitrogens is 2. The second-order valence-corrected chi connectivity index (χ2v) is 4.21. The number of amides is 1. The molecule has 0 unspecified atom stereocenters. The summed E-state index contributed by atoms with van der Waals surface area (Å²) >= 11 is 0. The first kappa shape index (κ1) is 12.3. The number of likely N-dealkylation sites (tertiary alicyclic amines) is 1. The van der Waals surface area contributed by atoms with Crippen molar-refractivity contribution in [2.45, 2.75) is 12.8 Å². The van der Waals surface area contributed by atoms with Gasteiger partial charge in [0.1, 0.15) is 5.69 Å². The summed E-state index contributed by atoms with van der Waals surface area (Å²) < 4.78 is 0. The zero-order chi connectivity index (χ0) is 13.1. The van der Waals surface area contributed by atoms with E-state index < -0.39 is 5.97 Å². The van der Waals surface area contributed by atoms with Gasteiger partial charge in [-0.3, -0.25) is 14.4 Å². The molecule has 7 heteroatoms. The zero-order valence-corrected chi connectivity index (χ0v) is 9.63. The number of aliphatic carboxylic acids is 1. The Morgan fingerprint density at radius 3 is 2.50 bits per heavy atom. The minimum absolute atomic E-state index is 0.170. The highest BCUT2D eigenvalue weighted by Gasteiger charge is 2.27. The Balaban J connectivity index is 2.01. The Bertz CT molecular complexity index is 497. The van der Waals surface area contributed by atoms with Crippen molar-refractivity contribution in [2.75, 3.05) is 13.1 Å². The maximum Gasteiger partial charge on any atom is 0.306 e. The van der Waals surface area contributed by atoms with Crippen LogP contribution in [0.1, 0.15) is 23.3 Å². The maximum atomic E-state index is 12.0. The lowest BCUT2D eigenvalue weighted by molar-refractivity contribution is -0.143. The second-order valence-electron chi connectivity index (χ2n) is 4.21. The van der Waals surface area contributed by atoms with Crippen molar-refractivity contribution in [3.8, 4) is 0 Å². The number of nitrogens with zero attached hydrogens (tertiary/aromatic N) is 2. The normalized spacial score (nSPS) is 16.6. The third kappa shape index (κ3) is 2.55. The van der Waals surface area contributed by atoms with Gasteiger partial charge in [0.2, 0.25) is 0 Å². The van der Waals surface area contributed by atoms with Gasteiger partial charge < -0.3 is 10.0 Å². The van der Waals surface area contributed by atoms with E-state index in [1.807, 2.05) is 0 Å². The molecule has 1 aliphatic rings. The molecule has 0 aromatic carbocycles. The van der Waals surface area contributed by atoms with Crippen molar-refractivity contribution in [2.24, 2.45) is 5.92 Å². The molecule has 1 aromatic rings. The van der Waals surface area contributed by atoms with Crippen LogP contribution in [-0.2, 0) is 4.79 Å². The first-order valence-corrected chi connectivity index (χ1v) is 5.66. The van der Waals surface area contributed by atoms with E-state index in [0.717, 1.165) is 0 Å². The minimum Gasteiger partial charge on any atom is -0.481 e. The van der Waals surface area contributed by atoms with E-state index >= 15 is 0 Å². The number of piperidine rings is 1. The average Bonchev–Trinajstić information content (AvgIpc) is 2.39. The third-order valence-corrected chi connectivity index (χ3v) is 3.03. The van der Waals surface area contributed by atoms with Gasteiger partial charge in [0.15, 0.2) is 0 Å². The van der Waals surface area contributed by atoms with E-state index in [9.17, 15) is 14.4 Å². The van der Waals surface area contributed by atoms with Crippen LogP contribution >= 0.6 is 0 Å². The van der Waals surface area contributed by atoms with Crippen LogP contribution in [0.15, 0.2) is 16.9 Å². The van der Waals surface area contributed by atoms with E-state index in [1.54, 1.807) is 4.90 Å². The summed E-state index contributed by atoms with van der Waals surface area (Å²) in [6.07, 6.45) is 0.898. The summed E-state index contributed by atoms with van der Waals surface area (Å²) in [5, 5.41) is 14.7. The van der Waals surface area contributed by atoms with Gasteiger partial charge >= 0.3 is 5.97 Å². The van der Waals surface area contributed by atoms with E-state index in [2.05, 4.69) is 10.2 Å². The molecule has 1 saturated heterocycles.